The van der Waals surface area contributed by atoms with Crippen LogP contribution < -0.4 is 10.2 Å². The van der Waals surface area contributed by atoms with Crippen molar-refractivity contribution >= 4 is 5.95 Å². The number of hydrogen-bond donors (Lipinski definition) is 1. The number of nitrogens with one attached hydrogen (secondary N) is 1. The second-order valence-electron chi connectivity index (χ2n) is 5.77. The Morgan fingerprint density at radius 2 is 2.14 bits per heavy atom. The molecule has 1 N–H and O–H groups in total. The van der Waals surface area contributed by atoms with Gasteiger partial charge in [-0.1, -0.05) is 0 Å². The first-order valence-electron chi connectivity index (χ1n) is 7.62. The lowest BCUT2D eigenvalue weighted by molar-refractivity contribution is 0.199. The molecule has 0 spiro atoms. The molecule has 1 atom stereocenters. The van der Waals surface area contributed by atoms with Crippen LogP contribution in [0.25, 0.3) is 0 Å². The Bertz CT molecular complexity index is 409. The zero-order chi connectivity index (χ0) is 15.1. The monoisotopic (exact) mass is 293 g/mol. The van der Waals surface area contributed by atoms with Crippen LogP contribution in [0.5, 0.6) is 0 Å². The van der Waals surface area contributed by atoms with Crippen molar-refractivity contribution in [3.63, 3.8) is 0 Å². The Morgan fingerprint density at radius 1 is 1.38 bits per heavy atom. The van der Waals surface area contributed by atoms with Gasteiger partial charge in [-0.15, -0.1) is 0 Å². The van der Waals surface area contributed by atoms with Crippen LogP contribution in [0.4, 0.5) is 5.95 Å². The summed E-state index contributed by atoms with van der Waals surface area (Å²) in [4.78, 5) is 13.6. The van der Waals surface area contributed by atoms with E-state index in [2.05, 4.69) is 39.2 Å². The third-order valence-electron chi connectivity index (χ3n) is 3.91. The van der Waals surface area contributed by atoms with Crippen molar-refractivity contribution in [3.05, 3.63) is 18.0 Å². The number of anilines is 1. The lowest BCUT2D eigenvalue weighted by Gasteiger charge is -2.36. The second kappa shape index (κ2) is 8.26. The summed E-state index contributed by atoms with van der Waals surface area (Å²) in [5, 5.41) is 3.30. The molecule has 21 heavy (non-hydrogen) atoms. The first-order valence-corrected chi connectivity index (χ1v) is 7.62. The fourth-order valence-corrected chi connectivity index (χ4v) is 2.57. The maximum Gasteiger partial charge on any atom is 0.225 e. The van der Waals surface area contributed by atoms with E-state index in [1.165, 1.54) is 12.8 Å². The summed E-state index contributed by atoms with van der Waals surface area (Å²) >= 11 is 0. The van der Waals surface area contributed by atoms with E-state index in [1.54, 1.807) is 7.11 Å². The molecule has 1 aromatic rings. The van der Waals surface area contributed by atoms with Gasteiger partial charge in [0.15, 0.2) is 0 Å². The summed E-state index contributed by atoms with van der Waals surface area (Å²) in [6.07, 6.45) is 6.29. The van der Waals surface area contributed by atoms with Crippen LogP contribution in [0.15, 0.2) is 12.4 Å². The van der Waals surface area contributed by atoms with Crippen LogP contribution in [0.2, 0.25) is 0 Å². The van der Waals surface area contributed by atoms with Gasteiger partial charge in [0, 0.05) is 57.3 Å². The summed E-state index contributed by atoms with van der Waals surface area (Å²) in [6, 6.07) is 0.595. The average Bonchev–Trinajstić information content (AvgIpc) is 2.52. The molecule has 0 aliphatic carbocycles. The van der Waals surface area contributed by atoms with Gasteiger partial charge in [0.25, 0.3) is 0 Å². The van der Waals surface area contributed by atoms with Gasteiger partial charge in [-0.25, -0.2) is 9.97 Å². The van der Waals surface area contributed by atoms with Crippen molar-refractivity contribution in [1.82, 2.24) is 20.2 Å². The van der Waals surface area contributed by atoms with Crippen molar-refractivity contribution in [2.24, 2.45) is 0 Å². The molecular weight excluding hydrogens is 266 g/mol. The minimum atomic E-state index is 0.595. The number of nitrogens with zero attached hydrogens (tertiary/aromatic N) is 4. The lowest BCUT2D eigenvalue weighted by Crippen LogP contribution is -2.45. The van der Waals surface area contributed by atoms with Gasteiger partial charge in [0.05, 0.1) is 6.61 Å². The molecule has 0 bridgehead atoms. The number of ether oxygens (including phenoxy) is 1. The van der Waals surface area contributed by atoms with Crippen LogP contribution in [0.3, 0.4) is 0 Å². The van der Waals surface area contributed by atoms with Gasteiger partial charge in [-0.05, 0) is 26.9 Å². The highest BCUT2D eigenvalue weighted by Gasteiger charge is 2.22. The molecule has 1 fully saturated rings. The molecule has 2 rings (SSSR count). The van der Waals surface area contributed by atoms with Crippen molar-refractivity contribution in [1.29, 1.82) is 0 Å². The third-order valence-corrected chi connectivity index (χ3v) is 3.91. The van der Waals surface area contributed by atoms with E-state index in [1.807, 2.05) is 12.4 Å². The summed E-state index contributed by atoms with van der Waals surface area (Å²) in [5.41, 5.74) is 1.11. The van der Waals surface area contributed by atoms with Gasteiger partial charge in [-0.3, -0.25) is 0 Å². The molecule has 1 saturated heterocycles. The standard InChI is InChI=1S/C15H27N5O/c1-19(2)14-5-4-7-20(12-14)15-17-10-13(11-18-15)9-16-6-8-21-3/h10-11,14,16H,4-9,12H2,1-3H3. The molecule has 6 heteroatoms. The van der Waals surface area contributed by atoms with Crippen molar-refractivity contribution in [3.8, 4) is 0 Å². The predicted octanol–water partition coefficient (Wildman–Crippen LogP) is 0.743. The molecule has 1 unspecified atom stereocenters. The van der Waals surface area contributed by atoms with Crippen LogP contribution in [-0.4, -0.2) is 68.4 Å². The van der Waals surface area contributed by atoms with Crippen molar-refractivity contribution < 1.29 is 4.74 Å². The lowest BCUT2D eigenvalue weighted by atomic mass is 10.1. The first-order chi connectivity index (χ1) is 10.2. The number of rotatable bonds is 7. The first kappa shape index (κ1) is 16.1. The number of piperidine rings is 1. The number of methoxy groups -OCH3 is 1. The van der Waals surface area contributed by atoms with E-state index >= 15 is 0 Å². The van der Waals surface area contributed by atoms with Crippen LogP contribution in [0.1, 0.15) is 18.4 Å². The fourth-order valence-electron chi connectivity index (χ4n) is 2.57. The molecule has 2 heterocycles. The topological polar surface area (TPSA) is 53.5 Å². The van der Waals surface area contributed by atoms with Gasteiger partial charge in [-0.2, -0.15) is 0 Å². The molecule has 0 saturated carbocycles. The normalized spacial score (nSPS) is 19.2. The molecule has 6 nitrogen and oxygen atoms in total. The molecule has 118 valence electrons. The largest absolute Gasteiger partial charge is 0.383 e. The van der Waals surface area contributed by atoms with Gasteiger partial charge < -0.3 is 19.9 Å². The van der Waals surface area contributed by atoms with E-state index in [9.17, 15) is 0 Å². The minimum absolute atomic E-state index is 0.595. The highest BCUT2D eigenvalue weighted by atomic mass is 16.5. The van der Waals surface area contributed by atoms with Crippen LogP contribution in [-0.2, 0) is 11.3 Å². The highest BCUT2D eigenvalue weighted by Crippen LogP contribution is 2.18. The maximum absolute atomic E-state index is 5.00. The number of aromatic nitrogens is 2. The van der Waals surface area contributed by atoms with E-state index in [0.717, 1.165) is 44.3 Å². The van der Waals surface area contributed by atoms with Crippen molar-refractivity contribution in [2.75, 3.05) is 52.3 Å². The van der Waals surface area contributed by atoms with Gasteiger partial charge >= 0.3 is 0 Å². The molecule has 1 aromatic heterocycles. The smallest absolute Gasteiger partial charge is 0.225 e. The SMILES string of the molecule is COCCNCc1cnc(N2CCCC(N(C)C)C2)nc1. The van der Waals surface area contributed by atoms with E-state index < -0.39 is 0 Å². The fraction of sp³-hybridized carbons (Fsp3) is 0.733. The Kier molecular flexibility index (Phi) is 6.35. The van der Waals surface area contributed by atoms with Crippen molar-refractivity contribution in [2.45, 2.75) is 25.4 Å². The zero-order valence-corrected chi connectivity index (χ0v) is 13.4. The number of hydrogen-bond acceptors (Lipinski definition) is 6. The van der Waals surface area contributed by atoms with Crippen LogP contribution in [0, 0.1) is 0 Å². The van der Waals surface area contributed by atoms with Gasteiger partial charge in [0.2, 0.25) is 5.95 Å². The second-order valence-corrected chi connectivity index (χ2v) is 5.77. The molecule has 1 aliphatic heterocycles. The average molecular weight is 293 g/mol. The molecule has 1 aliphatic rings. The van der Waals surface area contributed by atoms with E-state index in [4.69, 9.17) is 4.74 Å². The van der Waals surface area contributed by atoms with Gasteiger partial charge in [0.1, 0.15) is 0 Å². The maximum atomic E-state index is 5.00. The molecule has 0 radical (unpaired) electrons. The predicted molar refractivity (Wildman–Crippen MR) is 84.5 cm³/mol. The Hall–Kier alpha value is -1.24. The Labute approximate surface area is 127 Å². The van der Waals surface area contributed by atoms with E-state index in [0.29, 0.717) is 6.04 Å². The molecule has 0 aromatic carbocycles. The molecular formula is C15H27N5O. The number of likely N-dealkylation sites (N-methyl/N-ethyl adjacent to an activating group) is 1. The Morgan fingerprint density at radius 3 is 2.81 bits per heavy atom. The molecule has 0 amide bonds. The summed E-state index contributed by atoms with van der Waals surface area (Å²) in [5.74, 6) is 0.849. The highest BCUT2D eigenvalue weighted by molar-refractivity contribution is 5.31. The summed E-state index contributed by atoms with van der Waals surface area (Å²) < 4.78 is 5.00. The van der Waals surface area contributed by atoms with Crippen LogP contribution >= 0.6 is 0 Å². The zero-order valence-electron chi connectivity index (χ0n) is 13.4. The minimum Gasteiger partial charge on any atom is -0.383 e. The van der Waals surface area contributed by atoms with E-state index in [-0.39, 0.29) is 0 Å². The third kappa shape index (κ3) is 4.91. The quantitative estimate of drug-likeness (QED) is 0.749. The summed E-state index contributed by atoms with van der Waals surface area (Å²) in [7, 11) is 5.99. The summed E-state index contributed by atoms with van der Waals surface area (Å²) in [6.45, 7) is 4.41. The Balaban J connectivity index is 1.86.